The summed E-state index contributed by atoms with van der Waals surface area (Å²) in [5.74, 6) is 2.83. The molecule has 5 nitrogen and oxygen atoms in total. The van der Waals surface area contributed by atoms with E-state index in [-0.39, 0.29) is 0 Å². The van der Waals surface area contributed by atoms with Crippen LogP contribution in [0.5, 0.6) is 0 Å². The van der Waals surface area contributed by atoms with Gasteiger partial charge >= 0.3 is 0 Å². The molecule has 2 aliphatic rings. The summed E-state index contributed by atoms with van der Waals surface area (Å²) in [5, 5.41) is 3.44. The zero-order valence-corrected chi connectivity index (χ0v) is 15.8. The van der Waals surface area contributed by atoms with Gasteiger partial charge < -0.3 is 19.7 Å². The zero-order valence-electron chi connectivity index (χ0n) is 15.0. The lowest BCUT2D eigenvalue weighted by molar-refractivity contribution is 0.0893. The fourth-order valence-corrected chi connectivity index (χ4v) is 4.05. The van der Waals surface area contributed by atoms with Gasteiger partial charge in [0, 0.05) is 55.8 Å². The minimum absolute atomic E-state index is 0.306. The molecule has 1 unspecified atom stereocenters. The van der Waals surface area contributed by atoms with Crippen LogP contribution in [0, 0.1) is 5.92 Å². The molecule has 1 N–H and O–H groups in total. The van der Waals surface area contributed by atoms with Crippen LogP contribution >= 0.6 is 11.8 Å². The summed E-state index contributed by atoms with van der Waals surface area (Å²) in [6.45, 7) is 14.0. The van der Waals surface area contributed by atoms with Crippen molar-refractivity contribution in [2.45, 2.75) is 38.4 Å². The van der Waals surface area contributed by atoms with Crippen LogP contribution in [0.2, 0.25) is 0 Å². The maximum Gasteiger partial charge on any atom is 0.193 e. The number of guanidine groups is 1. The fourth-order valence-electron chi connectivity index (χ4n) is 2.94. The molecule has 0 bridgehead atoms. The summed E-state index contributed by atoms with van der Waals surface area (Å²) in [6, 6.07) is 0. The summed E-state index contributed by atoms with van der Waals surface area (Å²) in [7, 11) is 0. The predicted molar refractivity (Wildman–Crippen MR) is 98.5 cm³/mol. The molecule has 2 rings (SSSR count). The summed E-state index contributed by atoms with van der Waals surface area (Å²) >= 11 is 2.05. The topological polar surface area (TPSA) is 46.1 Å². The second-order valence-corrected chi connectivity index (χ2v) is 8.73. The van der Waals surface area contributed by atoms with Crippen molar-refractivity contribution in [1.82, 2.24) is 10.2 Å². The highest BCUT2D eigenvalue weighted by Crippen LogP contribution is 2.29. The Morgan fingerprint density at radius 3 is 3.04 bits per heavy atom. The van der Waals surface area contributed by atoms with Crippen molar-refractivity contribution in [2.24, 2.45) is 10.9 Å². The third-order valence-electron chi connectivity index (χ3n) is 4.15. The summed E-state index contributed by atoms with van der Waals surface area (Å²) < 4.78 is 11.4. The quantitative estimate of drug-likeness (QED) is 0.436. The molecule has 0 amide bonds. The zero-order chi connectivity index (χ0) is 16.5. The van der Waals surface area contributed by atoms with E-state index in [0.29, 0.717) is 10.7 Å². The number of nitrogens with zero attached hydrogens (tertiary/aromatic N) is 2. The molecule has 0 saturated carbocycles. The lowest BCUT2D eigenvalue weighted by atomic mass is 10.1. The summed E-state index contributed by atoms with van der Waals surface area (Å²) in [5.41, 5.74) is 0. The van der Waals surface area contributed by atoms with E-state index in [9.17, 15) is 0 Å². The van der Waals surface area contributed by atoms with Crippen LogP contribution in [-0.2, 0) is 9.47 Å². The average Bonchev–Trinajstić information content (AvgIpc) is 3.02. The Kier molecular flexibility index (Phi) is 7.99. The van der Waals surface area contributed by atoms with Gasteiger partial charge in [-0.1, -0.05) is 0 Å². The first kappa shape index (κ1) is 18.9. The molecule has 0 aromatic carbocycles. The molecule has 0 aromatic rings. The number of hydrogen-bond acceptors (Lipinski definition) is 4. The lowest BCUT2D eigenvalue weighted by Gasteiger charge is -2.39. The molecule has 1 atom stereocenters. The maximum atomic E-state index is 5.75. The molecule has 2 fully saturated rings. The largest absolute Gasteiger partial charge is 0.381 e. The molecular weight excluding hydrogens is 310 g/mol. The van der Waals surface area contributed by atoms with Crippen molar-refractivity contribution in [3.8, 4) is 0 Å². The number of rotatable bonds is 7. The molecule has 6 heteroatoms. The van der Waals surface area contributed by atoms with Crippen LogP contribution in [-0.4, -0.2) is 74.0 Å². The normalized spacial score (nSPS) is 24.9. The van der Waals surface area contributed by atoms with Crippen LogP contribution in [0.15, 0.2) is 4.99 Å². The van der Waals surface area contributed by atoms with Gasteiger partial charge in [-0.2, -0.15) is 11.8 Å². The highest BCUT2D eigenvalue weighted by molar-refractivity contribution is 8.00. The van der Waals surface area contributed by atoms with Gasteiger partial charge in [-0.15, -0.1) is 0 Å². The first-order chi connectivity index (χ1) is 11.1. The molecule has 134 valence electrons. The van der Waals surface area contributed by atoms with Gasteiger partial charge in [-0.3, -0.25) is 4.99 Å². The molecule has 0 spiro atoms. The van der Waals surface area contributed by atoms with E-state index in [1.54, 1.807) is 0 Å². The van der Waals surface area contributed by atoms with Crippen molar-refractivity contribution in [1.29, 1.82) is 0 Å². The highest BCUT2D eigenvalue weighted by atomic mass is 32.2. The maximum absolute atomic E-state index is 5.75. The molecule has 2 aliphatic heterocycles. The van der Waals surface area contributed by atoms with Crippen LogP contribution in [0.3, 0.4) is 0 Å². The van der Waals surface area contributed by atoms with Gasteiger partial charge in [0.05, 0.1) is 13.2 Å². The first-order valence-corrected chi connectivity index (χ1v) is 9.92. The monoisotopic (exact) mass is 343 g/mol. The standard InChI is InChI=1S/C17H33N3O2S/c1-4-18-16(20-8-11-23-17(2,3)14-20)19-7-5-9-21-12-15-6-10-22-13-15/h15H,4-14H2,1-3H3,(H,18,19). The van der Waals surface area contributed by atoms with E-state index in [0.717, 1.165) is 71.4 Å². The number of nitrogens with one attached hydrogen (secondary N) is 1. The van der Waals surface area contributed by atoms with E-state index in [1.165, 1.54) is 5.75 Å². The third kappa shape index (κ3) is 6.89. The second kappa shape index (κ2) is 9.74. The molecule has 2 saturated heterocycles. The summed E-state index contributed by atoms with van der Waals surface area (Å²) in [6.07, 6.45) is 2.12. The molecule has 23 heavy (non-hydrogen) atoms. The van der Waals surface area contributed by atoms with Gasteiger partial charge in [0.2, 0.25) is 0 Å². The van der Waals surface area contributed by atoms with E-state index in [4.69, 9.17) is 14.5 Å². The number of thioether (sulfide) groups is 1. The Morgan fingerprint density at radius 2 is 2.35 bits per heavy atom. The van der Waals surface area contributed by atoms with Crippen LogP contribution in [0.1, 0.15) is 33.6 Å². The number of hydrogen-bond donors (Lipinski definition) is 1. The molecular formula is C17H33N3O2S. The average molecular weight is 344 g/mol. The minimum Gasteiger partial charge on any atom is -0.381 e. The predicted octanol–water partition coefficient (Wildman–Crippen LogP) is 2.22. The van der Waals surface area contributed by atoms with Gasteiger partial charge in [0.25, 0.3) is 0 Å². The third-order valence-corrected chi connectivity index (χ3v) is 5.44. The van der Waals surface area contributed by atoms with Crippen LogP contribution in [0.4, 0.5) is 0 Å². The molecule has 0 aromatic heterocycles. The van der Waals surface area contributed by atoms with Crippen molar-refractivity contribution in [3.05, 3.63) is 0 Å². The Morgan fingerprint density at radius 1 is 1.48 bits per heavy atom. The number of aliphatic imine (C=N–C) groups is 1. The fraction of sp³-hybridized carbons (Fsp3) is 0.941. The van der Waals surface area contributed by atoms with Gasteiger partial charge in [0.1, 0.15) is 0 Å². The van der Waals surface area contributed by atoms with Gasteiger partial charge in [-0.05, 0) is 33.6 Å². The van der Waals surface area contributed by atoms with Crippen molar-refractivity contribution in [2.75, 3.05) is 58.4 Å². The van der Waals surface area contributed by atoms with E-state index in [1.807, 2.05) is 0 Å². The van der Waals surface area contributed by atoms with Crippen molar-refractivity contribution >= 4 is 17.7 Å². The Bertz CT molecular complexity index is 371. The Labute approximate surface area is 145 Å². The van der Waals surface area contributed by atoms with Crippen LogP contribution < -0.4 is 5.32 Å². The van der Waals surface area contributed by atoms with E-state index < -0.39 is 0 Å². The highest BCUT2D eigenvalue weighted by Gasteiger charge is 2.28. The lowest BCUT2D eigenvalue weighted by Crippen LogP contribution is -2.51. The van der Waals surface area contributed by atoms with Crippen LogP contribution in [0.25, 0.3) is 0 Å². The minimum atomic E-state index is 0.306. The van der Waals surface area contributed by atoms with E-state index >= 15 is 0 Å². The smallest absolute Gasteiger partial charge is 0.193 e. The Hall–Kier alpha value is -0.460. The van der Waals surface area contributed by atoms with E-state index in [2.05, 4.69) is 42.7 Å². The summed E-state index contributed by atoms with van der Waals surface area (Å²) in [4.78, 5) is 7.19. The van der Waals surface area contributed by atoms with Gasteiger partial charge in [-0.25, -0.2) is 0 Å². The number of ether oxygens (including phenoxy) is 2. The molecule has 2 heterocycles. The van der Waals surface area contributed by atoms with Gasteiger partial charge in [0.15, 0.2) is 5.96 Å². The van der Waals surface area contributed by atoms with Crippen molar-refractivity contribution < 1.29 is 9.47 Å². The molecule has 0 aliphatic carbocycles. The Balaban J connectivity index is 1.68. The second-order valence-electron chi connectivity index (χ2n) is 6.92. The van der Waals surface area contributed by atoms with Crippen molar-refractivity contribution in [3.63, 3.8) is 0 Å². The first-order valence-electron chi connectivity index (χ1n) is 8.93. The SMILES string of the molecule is CCNC(=NCCCOCC1CCOC1)N1CCSC(C)(C)C1. The molecule has 0 radical (unpaired) electrons.